The zero-order valence-corrected chi connectivity index (χ0v) is 10.9. The molecule has 0 saturated heterocycles. The highest BCUT2D eigenvalue weighted by Crippen LogP contribution is 2.09. The maximum Gasteiger partial charge on any atom is 0.0797 e. The van der Waals surface area contributed by atoms with Crippen molar-refractivity contribution in [1.29, 1.82) is 0 Å². The van der Waals surface area contributed by atoms with Gasteiger partial charge in [-0.3, -0.25) is 0 Å². The largest absolute Gasteiger partial charge is 0.350 e. The van der Waals surface area contributed by atoms with E-state index >= 15 is 0 Å². The Labute approximate surface area is 104 Å². The normalized spacial score (nSPS) is 10.1. The van der Waals surface area contributed by atoms with Crippen LogP contribution in [0.1, 0.15) is 45.4 Å². The molecule has 0 aromatic heterocycles. The molecule has 0 spiro atoms. The van der Waals surface area contributed by atoms with Gasteiger partial charge in [-0.25, -0.2) is 0 Å². The molecule has 1 nitrogen and oxygen atoms in total. The molecule has 0 unspecified atom stereocenters. The molecule has 0 aliphatic heterocycles. The SMILES string of the molecule is CCCCCCCC(=S)Nc1ccccc1. The van der Waals surface area contributed by atoms with Gasteiger partial charge < -0.3 is 5.32 Å². The van der Waals surface area contributed by atoms with Gasteiger partial charge >= 0.3 is 0 Å². The molecule has 88 valence electrons. The molecule has 0 heterocycles. The Kier molecular flexibility index (Phi) is 6.82. The predicted octanol–water partition coefficient (Wildman–Crippen LogP) is 4.79. The van der Waals surface area contributed by atoms with E-state index in [-0.39, 0.29) is 0 Å². The number of anilines is 1. The first-order valence-electron chi connectivity index (χ1n) is 6.18. The Balaban J connectivity index is 2.12. The first kappa shape index (κ1) is 13.2. The van der Waals surface area contributed by atoms with E-state index in [4.69, 9.17) is 12.2 Å². The van der Waals surface area contributed by atoms with E-state index in [1.165, 1.54) is 32.1 Å². The minimum absolute atomic E-state index is 0.961. The molecule has 0 aliphatic carbocycles. The van der Waals surface area contributed by atoms with Crippen LogP contribution in [0.25, 0.3) is 0 Å². The molecule has 0 bridgehead atoms. The Morgan fingerprint density at radius 3 is 2.44 bits per heavy atom. The quantitative estimate of drug-likeness (QED) is 0.539. The summed E-state index contributed by atoms with van der Waals surface area (Å²) in [5.74, 6) is 0. The lowest BCUT2D eigenvalue weighted by Gasteiger charge is -2.07. The summed E-state index contributed by atoms with van der Waals surface area (Å²) < 4.78 is 0. The van der Waals surface area contributed by atoms with Gasteiger partial charge in [0.1, 0.15) is 0 Å². The molecule has 1 rings (SSSR count). The van der Waals surface area contributed by atoms with Crippen molar-refractivity contribution in [2.24, 2.45) is 0 Å². The third kappa shape index (κ3) is 5.86. The van der Waals surface area contributed by atoms with Gasteiger partial charge in [0.2, 0.25) is 0 Å². The number of nitrogens with one attached hydrogen (secondary N) is 1. The standard InChI is InChI=1S/C14H21NS/c1-2-3-4-5-9-12-14(16)15-13-10-7-6-8-11-13/h6-8,10-11H,2-5,9,12H2,1H3,(H,15,16). The van der Waals surface area contributed by atoms with Gasteiger partial charge in [0, 0.05) is 5.69 Å². The summed E-state index contributed by atoms with van der Waals surface area (Å²) in [5, 5.41) is 3.26. The van der Waals surface area contributed by atoms with Crippen LogP contribution in [-0.2, 0) is 0 Å². The zero-order chi connectivity index (χ0) is 11.6. The fraction of sp³-hybridized carbons (Fsp3) is 0.500. The Morgan fingerprint density at radius 2 is 1.75 bits per heavy atom. The molecule has 2 heteroatoms. The van der Waals surface area contributed by atoms with Crippen molar-refractivity contribution in [2.45, 2.75) is 45.4 Å². The molecule has 0 amide bonds. The van der Waals surface area contributed by atoms with Gasteiger partial charge in [0.25, 0.3) is 0 Å². The molecule has 0 atom stereocenters. The Morgan fingerprint density at radius 1 is 1.06 bits per heavy atom. The van der Waals surface area contributed by atoms with Crippen LogP contribution in [0.2, 0.25) is 0 Å². The first-order chi connectivity index (χ1) is 7.83. The van der Waals surface area contributed by atoms with Crippen molar-refractivity contribution in [3.63, 3.8) is 0 Å². The van der Waals surface area contributed by atoms with Gasteiger partial charge in [-0.2, -0.15) is 0 Å². The van der Waals surface area contributed by atoms with Crippen LogP contribution in [-0.4, -0.2) is 4.99 Å². The Hall–Kier alpha value is -0.890. The van der Waals surface area contributed by atoms with E-state index in [1.807, 2.05) is 30.3 Å². The molecule has 1 aromatic carbocycles. The third-order valence-corrected chi connectivity index (χ3v) is 2.87. The third-order valence-electron chi connectivity index (χ3n) is 2.56. The average molecular weight is 235 g/mol. The second-order valence-electron chi connectivity index (χ2n) is 4.08. The van der Waals surface area contributed by atoms with Crippen LogP contribution < -0.4 is 5.32 Å². The molecule has 1 N–H and O–H groups in total. The maximum atomic E-state index is 5.30. The van der Waals surface area contributed by atoms with Crippen molar-refractivity contribution in [2.75, 3.05) is 5.32 Å². The van der Waals surface area contributed by atoms with Crippen LogP contribution in [0.5, 0.6) is 0 Å². The molecule has 0 saturated carbocycles. The number of thiocarbonyl (C=S) groups is 1. The van der Waals surface area contributed by atoms with Crippen molar-refractivity contribution in [3.8, 4) is 0 Å². The summed E-state index contributed by atoms with van der Waals surface area (Å²) in [7, 11) is 0. The van der Waals surface area contributed by atoms with Crippen LogP contribution in [0.15, 0.2) is 30.3 Å². The van der Waals surface area contributed by atoms with E-state index in [0.29, 0.717) is 0 Å². The van der Waals surface area contributed by atoms with Gasteiger partial charge in [-0.05, 0) is 25.0 Å². The molecule has 16 heavy (non-hydrogen) atoms. The first-order valence-corrected chi connectivity index (χ1v) is 6.58. The number of para-hydroxylation sites is 1. The number of hydrogen-bond donors (Lipinski definition) is 1. The van der Waals surface area contributed by atoms with Gasteiger partial charge in [0.15, 0.2) is 0 Å². The molecule has 1 aromatic rings. The summed E-state index contributed by atoms with van der Waals surface area (Å²) in [6, 6.07) is 10.1. The fourth-order valence-corrected chi connectivity index (χ4v) is 1.90. The van der Waals surface area contributed by atoms with Crippen LogP contribution in [0.4, 0.5) is 5.69 Å². The van der Waals surface area contributed by atoms with E-state index in [2.05, 4.69) is 12.2 Å². The average Bonchev–Trinajstić information content (AvgIpc) is 2.30. The predicted molar refractivity (Wildman–Crippen MR) is 76.0 cm³/mol. The zero-order valence-electron chi connectivity index (χ0n) is 10.0. The summed E-state index contributed by atoms with van der Waals surface area (Å²) in [6.45, 7) is 2.24. The monoisotopic (exact) mass is 235 g/mol. The number of hydrogen-bond acceptors (Lipinski definition) is 1. The molecular weight excluding hydrogens is 214 g/mol. The highest BCUT2D eigenvalue weighted by atomic mass is 32.1. The highest BCUT2D eigenvalue weighted by molar-refractivity contribution is 7.80. The smallest absolute Gasteiger partial charge is 0.0797 e. The molecule has 0 aliphatic rings. The highest BCUT2D eigenvalue weighted by Gasteiger charge is 1.97. The van der Waals surface area contributed by atoms with E-state index in [1.54, 1.807) is 0 Å². The van der Waals surface area contributed by atoms with E-state index < -0.39 is 0 Å². The molecule has 0 fully saturated rings. The van der Waals surface area contributed by atoms with Crippen molar-refractivity contribution in [1.82, 2.24) is 0 Å². The van der Waals surface area contributed by atoms with Crippen LogP contribution in [0, 0.1) is 0 Å². The molecular formula is C14H21NS. The summed E-state index contributed by atoms with van der Waals surface area (Å²) in [6.07, 6.45) is 7.49. The van der Waals surface area contributed by atoms with Crippen LogP contribution in [0.3, 0.4) is 0 Å². The van der Waals surface area contributed by atoms with E-state index in [0.717, 1.165) is 17.1 Å². The van der Waals surface area contributed by atoms with Crippen molar-refractivity contribution >= 4 is 22.9 Å². The summed E-state index contributed by atoms with van der Waals surface area (Å²) in [5.41, 5.74) is 1.10. The Bertz CT molecular complexity index is 295. The maximum absolute atomic E-state index is 5.30. The summed E-state index contributed by atoms with van der Waals surface area (Å²) >= 11 is 5.30. The number of rotatable bonds is 7. The second kappa shape index (κ2) is 8.28. The number of benzene rings is 1. The van der Waals surface area contributed by atoms with Crippen molar-refractivity contribution in [3.05, 3.63) is 30.3 Å². The minimum atomic E-state index is 0.961. The fourth-order valence-electron chi connectivity index (χ4n) is 1.63. The second-order valence-corrected chi connectivity index (χ2v) is 4.57. The lowest BCUT2D eigenvalue weighted by molar-refractivity contribution is 0.644. The minimum Gasteiger partial charge on any atom is -0.350 e. The topological polar surface area (TPSA) is 12.0 Å². The van der Waals surface area contributed by atoms with Crippen molar-refractivity contribution < 1.29 is 0 Å². The van der Waals surface area contributed by atoms with Gasteiger partial charge in [0.05, 0.1) is 4.99 Å². The van der Waals surface area contributed by atoms with E-state index in [9.17, 15) is 0 Å². The lowest BCUT2D eigenvalue weighted by atomic mass is 10.1. The van der Waals surface area contributed by atoms with Crippen LogP contribution >= 0.6 is 12.2 Å². The van der Waals surface area contributed by atoms with Gasteiger partial charge in [-0.15, -0.1) is 0 Å². The number of unbranched alkanes of at least 4 members (excludes halogenated alkanes) is 4. The molecule has 0 radical (unpaired) electrons. The summed E-state index contributed by atoms with van der Waals surface area (Å²) in [4.78, 5) is 0.961. The van der Waals surface area contributed by atoms with Gasteiger partial charge in [-0.1, -0.05) is 63.0 Å². The lowest BCUT2D eigenvalue weighted by Crippen LogP contribution is -2.08.